The quantitative estimate of drug-likeness (QED) is 0.787. The van der Waals surface area contributed by atoms with E-state index in [9.17, 15) is 9.59 Å². The highest BCUT2D eigenvalue weighted by Crippen LogP contribution is 2.21. The highest BCUT2D eigenvalue weighted by Gasteiger charge is 2.13. The molecule has 0 aliphatic carbocycles. The van der Waals surface area contributed by atoms with E-state index in [2.05, 4.69) is 4.74 Å². The summed E-state index contributed by atoms with van der Waals surface area (Å²) in [7, 11) is 2.74. The summed E-state index contributed by atoms with van der Waals surface area (Å²) >= 11 is 0. The molecular formula is C12H14O5. The molecule has 5 heteroatoms. The molecule has 0 aliphatic heterocycles. The lowest BCUT2D eigenvalue weighted by molar-refractivity contribution is -0.136. The number of carbonyl (C=O) groups excluding carboxylic acids is 1. The van der Waals surface area contributed by atoms with Gasteiger partial charge in [-0.3, -0.25) is 4.79 Å². The fourth-order valence-corrected chi connectivity index (χ4v) is 1.43. The van der Waals surface area contributed by atoms with Gasteiger partial charge in [-0.15, -0.1) is 0 Å². The SMILES string of the molecule is COC(=O)c1cc(CCC(=O)O)ccc1OC. The minimum Gasteiger partial charge on any atom is -0.496 e. The molecule has 1 rings (SSSR count). The molecule has 0 radical (unpaired) electrons. The van der Waals surface area contributed by atoms with Gasteiger partial charge >= 0.3 is 11.9 Å². The van der Waals surface area contributed by atoms with Crippen LogP contribution in [0.4, 0.5) is 0 Å². The van der Waals surface area contributed by atoms with Crippen molar-refractivity contribution in [2.24, 2.45) is 0 Å². The summed E-state index contributed by atoms with van der Waals surface area (Å²) in [4.78, 5) is 21.9. The van der Waals surface area contributed by atoms with E-state index in [4.69, 9.17) is 9.84 Å². The van der Waals surface area contributed by atoms with Crippen molar-refractivity contribution in [1.29, 1.82) is 0 Å². The van der Waals surface area contributed by atoms with Crippen LogP contribution in [0.1, 0.15) is 22.3 Å². The number of esters is 1. The number of aliphatic carboxylic acids is 1. The van der Waals surface area contributed by atoms with E-state index < -0.39 is 11.9 Å². The van der Waals surface area contributed by atoms with Crippen molar-refractivity contribution in [3.05, 3.63) is 29.3 Å². The fraction of sp³-hybridized carbons (Fsp3) is 0.333. The molecule has 0 heterocycles. The fourth-order valence-electron chi connectivity index (χ4n) is 1.43. The van der Waals surface area contributed by atoms with E-state index >= 15 is 0 Å². The number of aryl methyl sites for hydroxylation is 1. The summed E-state index contributed by atoms with van der Waals surface area (Å²) in [6.07, 6.45) is 0.385. The van der Waals surface area contributed by atoms with Gasteiger partial charge in [-0.1, -0.05) is 6.07 Å². The van der Waals surface area contributed by atoms with Crippen molar-refractivity contribution in [1.82, 2.24) is 0 Å². The number of hydrogen-bond donors (Lipinski definition) is 1. The van der Waals surface area contributed by atoms with Gasteiger partial charge in [0, 0.05) is 6.42 Å². The molecule has 1 aromatic carbocycles. The molecule has 0 unspecified atom stereocenters. The second-order valence-corrected chi connectivity index (χ2v) is 3.42. The van der Waals surface area contributed by atoms with Gasteiger partial charge < -0.3 is 14.6 Å². The molecule has 0 saturated heterocycles. The Morgan fingerprint density at radius 3 is 2.53 bits per heavy atom. The van der Waals surface area contributed by atoms with Gasteiger partial charge in [-0.25, -0.2) is 4.79 Å². The Labute approximate surface area is 99.0 Å². The Bertz CT molecular complexity index is 425. The highest BCUT2D eigenvalue weighted by molar-refractivity contribution is 5.92. The molecule has 0 aromatic heterocycles. The average Bonchev–Trinajstić information content (AvgIpc) is 2.34. The first-order chi connectivity index (χ1) is 8.08. The van der Waals surface area contributed by atoms with Crippen LogP contribution in [0.5, 0.6) is 5.75 Å². The third kappa shape index (κ3) is 3.48. The van der Waals surface area contributed by atoms with Gasteiger partial charge in [0.05, 0.1) is 14.2 Å². The Morgan fingerprint density at radius 2 is 2.00 bits per heavy atom. The van der Waals surface area contributed by atoms with Gasteiger partial charge in [-0.05, 0) is 24.1 Å². The van der Waals surface area contributed by atoms with E-state index in [1.807, 2.05) is 0 Å². The van der Waals surface area contributed by atoms with Gasteiger partial charge in [0.15, 0.2) is 0 Å². The number of ether oxygens (including phenoxy) is 2. The van der Waals surface area contributed by atoms with Gasteiger partial charge in [0.25, 0.3) is 0 Å². The first kappa shape index (κ1) is 13.0. The zero-order chi connectivity index (χ0) is 12.8. The molecule has 92 valence electrons. The minimum absolute atomic E-state index is 0.0208. The van der Waals surface area contributed by atoms with Gasteiger partial charge in [-0.2, -0.15) is 0 Å². The van der Waals surface area contributed by atoms with Crippen LogP contribution in [0, 0.1) is 0 Å². The lowest BCUT2D eigenvalue weighted by atomic mass is 10.1. The summed E-state index contributed by atoms with van der Waals surface area (Å²) < 4.78 is 9.66. The number of rotatable bonds is 5. The number of carboxylic acids is 1. The topological polar surface area (TPSA) is 72.8 Å². The van der Waals surface area contributed by atoms with E-state index in [-0.39, 0.29) is 6.42 Å². The highest BCUT2D eigenvalue weighted by atomic mass is 16.5. The van der Waals surface area contributed by atoms with E-state index in [0.29, 0.717) is 17.7 Å². The van der Waals surface area contributed by atoms with Crippen molar-refractivity contribution in [3.8, 4) is 5.75 Å². The normalized spacial score (nSPS) is 9.76. The molecule has 0 spiro atoms. The molecule has 0 saturated carbocycles. The zero-order valence-corrected chi connectivity index (χ0v) is 9.73. The van der Waals surface area contributed by atoms with E-state index in [0.717, 1.165) is 5.56 Å². The Kier molecular flexibility index (Phi) is 4.51. The maximum Gasteiger partial charge on any atom is 0.341 e. The number of methoxy groups -OCH3 is 2. The Hall–Kier alpha value is -2.04. The predicted molar refractivity (Wildman–Crippen MR) is 60.3 cm³/mol. The van der Waals surface area contributed by atoms with Crippen LogP contribution >= 0.6 is 0 Å². The van der Waals surface area contributed by atoms with Crippen molar-refractivity contribution in [2.45, 2.75) is 12.8 Å². The van der Waals surface area contributed by atoms with Crippen molar-refractivity contribution in [3.63, 3.8) is 0 Å². The number of carbonyl (C=O) groups is 2. The van der Waals surface area contributed by atoms with Crippen LogP contribution in [0.2, 0.25) is 0 Å². The van der Waals surface area contributed by atoms with Crippen LogP contribution in [0.15, 0.2) is 18.2 Å². The third-order valence-electron chi connectivity index (χ3n) is 2.30. The molecule has 1 aromatic rings. The lowest BCUT2D eigenvalue weighted by Gasteiger charge is -2.08. The Balaban J connectivity index is 2.96. The number of carboxylic acid groups (broad SMARTS) is 1. The van der Waals surface area contributed by atoms with Crippen molar-refractivity contribution >= 4 is 11.9 Å². The Morgan fingerprint density at radius 1 is 1.29 bits per heavy atom. The predicted octanol–water partition coefficient (Wildman–Crippen LogP) is 1.50. The molecule has 0 atom stereocenters. The number of hydrogen-bond acceptors (Lipinski definition) is 4. The summed E-state index contributed by atoms with van der Waals surface area (Å²) in [6, 6.07) is 4.95. The van der Waals surface area contributed by atoms with E-state index in [1.165, 1.54) is 14.2 Å². The van der Waals surface area contributed by atoms with Gasteiger partial charge in [0.2, 0.25) is 0 Å². The monoisotopic (exact) mass is 238 g/mol. The maximum atomic E-state index is 11.5. The molecule has 0 fully saturated rings. The number of benzene rings is 1. The lowest BCUT2D eigenvalue weighted by Crippen LogP contribution is -2.05. The molecule has 17 heavy (non-hydrogen) atoms. The zero-order valence-electron chi connectivity index (χ0n) is 9.73. The van der Waals surface area contributed by atoms with Crippen molar-refractivity contribution < 1.29 is 24.2 Å². The van der Waals surface area contributed by atoms with Crippen LogP contribution in [0.25, 0.3) is 0 Å². The summed E-state index contributed by atoms with van der Waals surface area (Å²) in [6.45, 7) is 0. The molecule has 5 nitrogen and oxygen atoms in total. The van der Waals surface area contributed by atoms with Crippen LogP contribution < -0.4 is 4.74 Å². The van der Waals surface area contributed by atoms with Crippen LogP contribution in [-0.2, 0) is 16.0 Å². The average molecular weight is 238 g/mol. The first-order valence-corrected chi connectivity index (χ1v) is 5.05. The van der Waals surface area contributed by atoms with Crippen LogP contribution in [0.3, 0.4) is 0 Å². The molecule has 0 bridgehead atoms. The van der Waals surface area contributed by atoms with Crippen LogP contribution in [-0.4, -0.2) is 31.3 Å². The first-order valence-electron chi connectivity index (χ1n) is 5.05. The maximum absolute atomic E-state index is 11.5. The minimum atomic E-state index is -0.875. The third-order valence-corrected chi connectivity index (χ3v) is 2.30. The smallest absolute Gasteiger partial charge is 0.341 e. The second kappa shape index (κ2) is 5.89. The summed E-state index contributed by atoms with van der Waals surface area (Å²) in [5.41, 5.74) is 1.06. The van der Waals surface area contributed by atoms with Gasteiger partial charge in [0.1, 0.15) is 11.3 Å². The van der Waals surface area contributed by atoms with Crippen molar-refractivity contribution in [2.75, 3.05) is 14.2 Å². The summed E-state index contributed by atoms with van der Waals surface area (Å²) in [5.74, 6) is -0.963. The standard InChI is InChI=1S/C12H14O5/c1-16-10-5-3-8(4-6-11(13)14)7-9(10)12(15)17-2/h3,5,7H,4,6H2,1-2H3,(H,13,14). The largest absolute Gasteiger partial charge is 0.496 e. The van der Waals surface area contributed by atoms with E-state index in [1.54, 1.807) is 18.2 Å². The molecule has 1 N–H and O–H groups in total. The molecule has 0 amide bonds. The molecule has 0 aliphatic rings. The second-order valence-electron chi connectivity index (χ2n) is 3.42. The molecular weight excluding hydrogens is 224 g/mol. The summed E-state index contributed by atoms with van der Waals surface area (Å²) in [5, 5.41) is 8.58.